The Kier molecular flexibility index (Phi) is 2.86. The number of nitrogens with zero attached hydrogens (tertiary/aromatic N) is 3. The normalized spacial score (nSPS) is 16.4. The summed E-state index contributed by atoms with van der Waals surface area (Å²) in [7, 11) is 1.92. The molecule has 1 aliphatic heterocycles. The van der Waals surface area contributed by atoms with Gasteiger partial charge in [0.25, 0.3) is 0 Å². The van der Waals surface area contributed by atoms with Gasteiger partial charge in [0.05, 0.1) is 5.69 Å². The fourth-order valence-corrected chi connectivity index (χ4v) is 2.22. The van der Waals surface area contributed by atoms with E-state index in [1.54, 1.807) is 0 Å². The summed E-state index contributed by atoms with van der Waals surface area (Å²) < 4.78 is 1.92. The lowest BCUT2D eigenvalue weighted by Crippen LogP contribution is -2.31. The lowest BCUT2D eigenvalue weighted by molar-refractivity contribution is 0.111. The van der Waals surface area contributed by atoms with E-state index in [1.165, 1.54) is 12.1 Å². The molecule has 2 heterocycles. The van der Waals surface area contributed by atoms with Crippen molar-refractivity contribution in [2.24, 2.45) is 7.05 Å². The van der Waals surface area contributed by atoms with Gasteiger partial charge >= 0.3 is 0 Å². The van der Waals surface area contributed by atoms with E-state index < -0.39 is 0 Å². The predicted molar refractivity (Wildman–Crippen MR) is 57.9 cm³/mol. The number of carbonyl (C=O) groups is 1. The minimum Gasteiger partial charge on any atom is -0.329 e. The summed E-state index contributed by atoms with van der Waals surface area (Å²) in [5, 5.41) is 0. The van der Waals surface area contributed by atoms with Gasteiger partial charge in [0.1, 0.15) is 0 Å². The molecule has 0 unspecified atom stereocenters. The number of rotatable bonds is 3. The first-order valence-corrected chi connectivity index (χ1v) is 5.48. The van der Waals surface area contributed by atoms with Crippen molar-refractivity contribution in [2.75, 3.05) is 13.1 Å². The zero-order valence-electron chi connectivity index (χ0n) is 9.36. The molecular formula is C11H17N3O. The SMILES string of the molecule is CCCN1CCc2c(nc(C=O)n2C)C1. The molecule has 0 fully saturated rings. The largest absolute Gasteiger partial charge is 0.329 e. The number of hydrogen-bond acceptors (Lipinski definition) is 3. The topological polar surface area (TPSA) is 38.1 Å². The number of imidazole rings is 1. The molecule has 0 N–H and O–H groups in total. The average molecular weight is 207 g/mol. The van der Waals surface area contributed by atoms with Gasteiger partial charge in [0.15, 0.2) is 12.1 Å². The Morgan fingerprint density at radius 1 is 1.53 bits per heavy atom. The van der Waals surface area contributed by atoms with Crippen LogP contribution in [0, 0.1) is 0 Å². The van der Waals surface area contributed by atoms with Crippen LogP contribution in [0.4, 0.5) is 0 Å². The lowest BCUT2D eigenvalue weighted by atomic mass is 10.1. The Balaban J connectivity index is 2.23. The smallest absolute Gasteiger partial charge is 0.185 e. The number of aromatic nitrogens is 2. The fourth-order valence-electron chi connectivity index (χ4n) is 2.22. The summed E-state index contributed by atoms with van der Waals surface area (Å²) in [4.78, 5) is 17.5. The van der Waals surface area contributed by atoms with Gasteiger partial charge in [-0.15, -0.1) is 0 Å². The van der Waals surface area contributed by atoms with Crippen LogP contribution in [0.25, 0.3) is 0 Å². The van der Waals surface area contributed by atoms with Crippen molar-refractivity contribution >= 4 is 6.29 Å². The minimum atomic E-state index is 0.554. The van der Waals surface area contributed by atoms with Crippen molar-refractivity contribution in [3.8, 4) is 0 Å². The van der Waals surface area contributed by atoms with Crippen LogP contribution in [0.3, 0.4) is 0 Å². The van der Waals surface area contributed by atoms with Crippen molar-refractivity contribution in [1.82, 2.24) is 14.5 Å². The summed E-state index contributed by atoms with van der Waals surface area (Å²) >= 11 is 0. The van der Waals surface area contributed by atoms with Crippen LogP contribution in [-0.4, -0.2) is 33.8 Å². The fraction of sp³-hybridized carbons (Fsp3) is 0.636. The Morgan fingerprint density at radius 3 is 3.00 bits per heavy atom. The van der Waals surface area contributed by atoms with Crippen LogP contribution in [0.1, 0.15) is 35.4 Å². The molecule has 0 spiro atoms. The van der Waals surface area contributed by atoms with Crippen LogP contribution in [0.5, 0.6) is 0 Å². The van der Waals surface area contributed by atoms with Gasteiger partial charge in [-0.3, -0.25) is 9.69 Å². The molecule has 0 atom stereocenters. The number of aldehydes is 1. The molecule has 82 valence electrons. The van der Waals surface area contributed by atoms with Crippen LogP contribution in [-0.2, 0) is 20.0 Å². The number of hydrogen-bond donors (Lipinski definition) is 0. The molecule has 1 aromatic heterocycles. The van der Waals surface area contributed by atoms with E-state index in [2.05, 4.69) is 16.8 Å². The van der Waals surface area contributed by atoms with Gasteiger partial charge in [0, 0.05) is 32.3 Å². The molecule has 0 bridgehead atoms. The number of carbonyl (C=O) groups excluding carboxylic acids is 1. The number of fused-ring (bicyclic) bond motifs is 1. The van der Waals surface area contributed by atoms with Crippen molar-refractivity contribution in [2.45, 2.75) is 26.3 Å². The second kappa shape index (κ2) is 4.14. The minimum absolute atomic E-state index is 0.554. The molecule has 2 rings (SSSR count). The summed E-state index contributed by atoms with van der Waals surface area (Å²) in [6, 6.07) is 0. The van der Waals surface area contributed by atoms with Crippen LogP contribution >= 0.6 is 0 Å². The molecule has 4 heteroatoms. The van der Waals surface area contributed by atoms with Crippen molar-refractivity contribution in [3.05, 3.63) is 17.2 Å². The second-order valence-corrected chi connectivity index (χ2v) is 4.07. The van der Waals surface area contributed by atoms with Crippen molar-refractivity contribution in [1.29, 1.82) is 0 Å². The first kappa shape index (κ1) is 10.4. The van der Waals surface area contributed by atoms with E-state index in [0.29, 0.717) is 5.82 Å². The van der Waals surface area contributed by atoms with E-state index in [9.17, 15) is 4.79 Å². The van der Waals surface area contributed by atoms with E-state index in [1.807, 2.05) is 11.6 Å². The molecule has 0 aliphatic carbocycles. The molecule has 0 amide bonds. The van der Waals surface area contributed by atoms with Crippen molar-refractivity contribution < 1.29 is 4.79 Å². The predicted octanol–water partition coefficient (Wildman–Crippen LogP) is 1.00. The standard InChI is InChI=1S/C11H17N3O/c1-3-5-14-6-4-10-9(7-14)12-11(8-15)13(10)2/h8H,3-7H2,1-2H3. The summed E-state index contributed by atoms with van der Waals surface area (Å²) in [6.45, 7) is 5.28. The van der Waals surface area contributed by atoms with E-state index in [4.69, 9.17) is 0 Å². The molecular weight excluding hydrogens is 190 g/mol. The Morgan fingerprint density at radius 2 is 2.33 bits per heavy atom. The average Bonchev–Trinajstić information content (AvgIpc) is 2.56. The highest BCUT2D eigenvalue weighted by atomic mass is 16.1. The zero-order chi connectivity index (χ0) is 10.8. The maximum Gasteiger partial charge on any atom is 0.185 e. The lowest BCUT2D eigenvalue weighted by Gasteiger charge is -2.25. The molecule has 0 aromatic carbocycles. The monoisotopic (exact) mass is 207 g/mol. The maximum absolute atomic E-state index is 10.8. The second-order valence-electron chi connectivity index (χ2n) is 4.07. The first-order valence-electron chi connectivity index (χ1n) is 5.48. The molecule has 0 saturated carbocycles. The highest BCUT2D eigenvalue weighted by molar-refractivity contribution is 5.69. The molecule has 1 aliphatic rings. The Labute approximate surface area is 89.9 Å². The van der Waals surface area contributed by atoms with Gasteiger partial charge in [-0.1, -0.05) is 6.92 Å². The summed E-state index contributed by atoms with van der Waals surface area (Å²) in [6.07, 6.45) is 3.01. The summed E-state index contributed by atoms with van der Waals surface area (Å²) in [5.41, 5.74) is 2.31. The quantitative estimate of drug-likeness (QED) is 0.694. The third kappa shape index (κ3) is 1.81. The third-order valence-electron chi connectivity index (χ3n) is 3.01. The zero-order valence-corrected chi connectivity index (χ0v) is 9.36. The van der Waals surface area contributed by atoms with Gasteiger partial charge < -0.3 is 4.57 Å². The molecule has 15 heavy (non-hydrogen) atoms. The first-order chi connectivity index (χ1) is 7.26. The van der Waals surface area contributed by atoms with Crippen LogP contribution in [0.2, 0.25) is 0 Å². The third-order valence-corrected chi connectivity index (χ3v) is 3.01. The van der Waals surface area contributed by atoms with E-state index in [0.717, 1.165) is 38.0 Å². The van der Waals surface area contributed by atoms with E-state index in [-0.39, 0.29) is 0 Å². The summed E-state index contributed by atoms with van der Waals surface area (Å²) in [5.74, 6) is 0.554. The van der Waals surface area contributed by atoms with Crippen LogP contribution < -0.4 is 0 Å². The van der Waals surface area contributed by atoms with Gasteiger partial charge in [-0.25, -0.2) is 4.98 Å². The molecule has 0 radical (unpaired) electrons. The maximum atomic E-state index is 10.8. The van der Waals surface area contributed by atoms with Gasteiger partial charge in [-0.05, 0) is 13.0 Å². The Bertz CT molecular complexity index is 370. The van der Waals surface area contributed by atoms with Gasteiger partial charge in [0.2, 0.25) is 0 Å². The Hall–Kier alpha value is -1.16. The molecule has 4 nitrogen and oxygen atoms in total. The van der Waals surface area contributed by atoms with Crippen molar-refractivity contribution in [3.63, 3.8) is 0 Å². The highest BCUT2D eigenvalue weighted by Gasteiger charge is 2.21. The van der Waals surface area contributed by atoms with Crippen LogP contribution in [0.15, 0.2) is 0 Å². The van der Waals surface area contributed by atoms with E-state index >= 15 is 0 Å². The highest BCUT2D eigenvalue weighted by Crippen LogP contribution is 2.18. The molecule has 0 saturated heterocycles. The van der Waals surface area contributed by atoms with Gasteiger partial charge in [-0.2, -0.15) is 0 Å². The molecule has 1 aromatic rings.